The Labute approximate surface area is 602 Å². The molecule has 0 spiro atoms. The van der Waals surface area contributed by atoms with Crippen molar-refractivity contribution in [3.8, 4) is 34.5 Å². The van der Waals surface area contributed by atoms with Gasteiger partial charge < -0.3 is 52.8 Å². The molecule has 4 aliphatic heterocycles. The van der Waals surface area contributed by atoms with Crippen molar-refractivity contribution in [1.82, 2.24) is 0 Å². The summed E-state index contributed by atoms with van der Waals surface area (Å²) < 4.78 is 76.8. The van der Waals surface area contributed by atoms with Crippen molar-refractivity contribution in [2.45, 2.75) is 143 Å². The van der Waals surface area contributed by atoms with Gasteiger partial charge in [0.1, 0.15) is 36.2 Å². The molecule has 0 aromatic heterocycles. The summed E-state index contributed by atoms with van der Waals surface area (Å²) in [5.41, 5.74) is 11.8. The summed E-state index contributed by atoms with van der Waals surface area (Å²) in [4.78, 5) is 74.5. The molecule has 23 nitrogen and oxygen atoms in total. The van der Waals surface area contributed by atoms with Crippen molar-refractivity contribution in [1.29, 1.82) is 0 Å². The topological polar surface area (TPSA) is 283 Å². The molecule has 103 heavy (non-hydrogen) atoms. The normalized spacial score (nSPS) is 14.2. The van der Waals surface area contributed by atoms with Crippen LogP contribution in [0.25, 0.3) is 0 Å². The van der Waals surface area contributed by atoms with Crippen LogP contribution in [0.5, 0.6) is 34.5 Å². The zero-order chi connectivity index (χ0) is 72.7. The fourth-order valence-corrected chi connectivity index (χ4v) is 12.3. The highest BCUT2D eigenvalue weighted by Gasteiger charge is 2.38. The largest absolute Gasteiger partial charge is 0.494 e. The number of hydrogen-bond acceptors (Lipinski definition) is 21. The van der Waals surface area contributed by atoms with Gasteiger partial charge in [-0.2, -0.15) is 8.42 Å². The van der Waals surface area contributed by atoms with E-state index in [1.54, 1.807) is 48.4 Å². The number of aliphatic imine (C=N–C) groups is 2. The van der Waals surface area contributed by atoms with Crippen molar-refractivity contribution in [2.75, 3.05) is 64.3 Å². The number of fused-ring (bicyclic) bond motifs is 8. The number of amides is 2. The molecule has 0 fully saturated rings. The van der Waals surface area contributed by atoms with E-state index in [1.165, 1.54) is 21.3 Å². The summed E-state index contributed by atoms with van der Waals surface area (Å²) >= 11 is 0. The lowest BCUT2D eigenvalue weighted by Crippen LogP contribution is -2.37. The Morgan fingerprint density at radius 3 is 1.33 bits per heavy atom. The minimum atomic E-state index is -3.47. The summed E-state index contributed by atoms with van der Waals surface area (Å²) in [6.07, 6.45) is 12.2. The highest BCUT2D eigenvalue weighted by atomic mass is 32.2. The van der Waals surface area contributed by atoms with Gasteiger partial charge in [0.25, 0.3) is 21.9 Å². The van der Waals surface area contributed by atoms with Crippen molar-refractivity contribution in [3.05, 3.63) is 189 Å². The lowest BCUT2D eigenvalue weighted by molar-refractivity contribution is -0.141. The van der Waals surface area contributed by atoms with Gasteiger partial charge in [0.2, 0.25) is 0 Å². The molecule has 0 saturated heterocycles. The van der Waals surface area contributed by atoms with E-state index in [1.807, 2.05) is 116 Å². The summed E-state index contributed by atoms with van der Waals surface area (Å²) in [5, 5.41) is 18.2. The van der Waals surface area contributed by atoms with Gasteiger partial charge in [-0.3, -0.25) is 47.9 Å². The van der Waals surface area contributed by atoms with Gasteiger partial charge in [-0.25, -0.2) is 0 Å². The molecule has 2 amide bonds. The predicted molar refractivity (Wildman–Crippen MR) is 392 cm³/mol. The fraction of sp³-hybridized carbons (Fsp3) is 0.380. The molecule has 0 aliphatic carbocycles. The van der Waals surface area contributed by atoms with Crippen LogP contribution in [0.2, 0.25) is 0 Å². The Morgan fingerprint density at radius 2 is 0.893 bits per heavy atom. The Balaban J connectivity index is 0.000000256. The first-order chi connectivity index (χ1) is 49.3. The summed E-state index contributed by atoms with van der Waals surface area (Å²) in [5.74, 6) is 2.46. The second kappa shape index (κ2) is 38.2. The van der Waals surface area contributed by atoms with E-state index in [0.29, 0.717) is 139 Å². The van der Waals surface area contributed by atoms with E-state index in [9.17, 15) is 32.4 Å². The lowest BCUT2D eigenvalue weighted by Gasteiger charge is -2.22. The second-order valence-electron chi connectivity index (χ2n) is 24.7. The fourth-order valence-electron chi connectivity index (χ4n) is 11.9. The number of anilines is 2. The smallest absolute Gasteiger partial charge is 0.305 e. The van der Waals surface area contributed by atoms with Crippen molar-refractivity contribution < 1.29 is 89.4 Å². The van der Waals surface area contributed by atoms with Gasteiger partial charge in [-0.15, -0.1) is 0 Å². The average molecular weight is 1430 g/mol. The molecule has 0 saturated carbocycles. The monoisotopic (exact) mass is 1430 g/mol. The minimum absolute atomic E-state index is 0. The number of benzene rings is 7. The number of carbonyl (C=O) groups excluding carboxylic acids is 5. The van der Waals surface area contributed by atoms with Crippen LogP contribution in [-0.2, 0) is 95.2 Å². The average Bonchev–Trinajstić information content (AvgIpc) is 1.50. The molecule has 7 aromatic rings. The zero-order valence-electron chi connectivity index (χ0n) is 58.6. The van der Waals surface area contributed by atoms with E-state index in [4.69, 9.17) is 57.5 Å². The maximum Gasteiger partial charge on any atom is 0.305 e. The first-order valence-corrected chi connectivity index (χ1v) is 35.7. The van der Waals surface area contributed by atoms with Crippen LogP contribution in [0, 0.1) is 6.92 Å². The number of carbonyl (C=O) groups is 5. The van der Waals surface area contributed by atoms with Gasteiger partial charge in [0, 0.05) is 68.0 Å². The number of aliphatic hydroxyl groups is 2. The molecule has 7 aromatic carbocycles. The summed E-state index contributed by atoms with van der Waals surface area (Å²) in [6.45, 7) is 5.46. The third kappa shape index (κ3) is 21.9. The number of aryl methyl sites for hydroxylation is 2. The molecular weight excluding hydrogens is 1340 g/mol. The molecule has 0 radical (unpaired) electrons. The molecule has 11 rings (SSSR count). The Kier molecular flexibility index (Phi) is 29.2. The molecule has 2 N–H and O–H groups in total. The van der Waals surface area contributed by atoms with E-state index >= 15 is 0 Å². The Morgan fingerprint density at radius 1 is 0.495 bits per heavy atom. The number of rotatable bonds is 31. The van der Waals surface area contributed by atoms with Crippen molar-refractivity contribution in [2.24, 2.45) is 9.98 Å². The van der Waals surface area contributed by atoms with E-state index in [-0.39, 0.29) is 82.3 Å². The third-order valence-electron chi connectivity index (χ3n) is 17.2. The maximum absolute atomic E-state index is 13.9. The number of para-hydroxylation sites is 2. The Bertz CT molecular complexity index is 4270. The summed E-state index contributed by atoms with van der Waals surface area (Å²) in [7, 11) is 2.20. The minimum Gasteiger partial charge on any atom is -0.494 e. The molecular formula is C79H92N4O19S. The molecule has 24 heteroatoms. The van der Waals surface area contributed by atoms with Crippen molar-refractivity contribution >= 4 is 75.0 Å². The number of nitrogens with zero attached hydrogens (tertiary/aromatic N) is 4. The summed E-state index contributed by atoms with van der Waals surface area (Å²) in [6, 6.07) is 39.3. The van der Waals surface area contributed by atoms with Crippen LogP contribution in [0.15, 0.2) is 137 Å². The van der Waals surface area contributed by atoms with Crippen molar-refractivity contribution in [3.63, 3.8) is 0 Å². The molecule has 4 aliphatic rings. The second-order valence-corrected chi connectivity index (χ2v) is 26.3. The first kappa shape index (κ1) is 78.6. The van der Waals surface area contributed by atoms with Gasteiger partial charge in [-0.1, -0.05) is 62.9 Å². The standard InChI is InChI=1S/C48H44N4O8.C16H24O6S.C14H20O5.CH4/c1-29-16-37-39(49-25-34-20-32-10-4-6-12-41(32)51(34)47(37)54)23-43(29)59-27-30-17-31(19-36(18-30)58-15-9-8-14-46(53)57-3)28-60-45-24-40-38(22-44(45)56-2)48(55)52-35(26-50-40)21-33-11-5-7-13-42(33)52;1-4-13-9-14(12-22-23(3,18)19)11-15(10-13)21-8-6-5-7-16(17)20-2;1-18-14(17)4-2-3-5-19-13-7-11(9-15)6-12(8-13)10-16;/h4-7,10-13,16-19,22-26,34-35H,8-9,14-15,20-21,27-28H2,1-3H3;9-11H,4-8,12H2,1-3H3;6-8,15-16H,2-5,9-10H2,1H3;1H4/t34-,35-;;;/m0.../s1. The molecule has 0 unspecified atom stereocenters. The van der Waals surface area contributed by atoms with Crippen LogP contribution in [-0.4, -0.2) is 127 Å². The molecule has 548 valence electrons. The molecule has 2 atom stereocenters. The van der Waals surface area contributed by atoms with E-state index in [2.05, 4.69) is 15.5 Å². The van der Waals surface area contributed by atoms with E-state index in [0.717, 1.165) is 82.3 Å². The number of methoxy groups -OCH3 is 4. The van der Waals surface area contributed by atoms with Gasteiger partial charge in [0.15, 0.2) is 11.5 Å². The number of aliphatic hydroxyl groups excluding tert-OH is 2. The highest BCUT2D eigenvalue weighted by Crippen LogP contribution is 2.43. The van der Waals surface area contributed by atoms with Crippen LogP contribution >= 0.6 is 0 Å². The maximum atomic E-state index is 13.9. The molecule has 4 heterocycles. The van der Waals surface area contributed by atoms with Crippen LogP contribution in [0.3, 0.4) is 0 Å². The lowest BCUT2D eigenvalue weighted by atomic mass is 10.1. The van der Waals surface area contributed by atoms with E-state index < -0.39 is 10.1 Å². The number of esters is 3. The number of ether oxygens (including phenoxy) is 9. The third-order valence-corrected chi connectivity index (χ3v) is 17.7. The van der Waals surface area contributed by atoms with Crippen LogP contribution in [0.4, 0.5) is 22.7 Å². The predicted octanol–water partition coefficient (Wildman–Crippen LogP) is 12.9. The Hall–Kier alpha value is -10.1. The van der Waals surface area contributed by atoms with Gasteiger partial charge in [-0.05, 0) is 169 Å². The van der Waals surface area contributed by atoms with Gasteiger partial charge >= 0.3 is 17.9 Å². The van der Waals surface area contributed by atoms with Crippen LogP contribution in [0.1, 0.15) is 143 Å². The zero-order valence-corrected chi connectivity index (χ0v) is 59.4. The van der Waals surface area contributed by atoms with Crippen LogP contribution < -0.4 is 38.2 Å². The molecule has 0 bridgehead atoms. The SMILES string of the molecule is C.CCc1cc(COS(C)(=O)=O)cc(OCCCCC(=O)OC)c1.COC(=O)CCCCOc1cc(CO)cc(CO)c1.COC(=O)CCCCOc1cc(COc2cc3c(cc2C)C(=O)N2c4ccccc4C[C@H]2C=N3)cc(COc2cc3c(cc2OC)C(=O)N2c4ccccc4C[C@H]2C=N3)c1. The quantitative estimate of drug-likeness (QED) is 0.0177. The van der Waals surface area contributed by atoms with Gasteiger partial charge in [0.05, 0.1) is 109 Å². The number of unbranched alkanes of at least 4 members (excludes halogenated alkanes) is 3. The first-order valence-electron chi connectivity index (χ1n) is 33.9. The number of hydrogen-bond donors (Lipinski definition) is 2. The highest BCUT2D eigenvalue weighted by molar-refractivity contribution is 7.85.